The summed E-state index contributed by atoms with van der Waals surface area (Å²) in [4.78, 5) is 15.0. The van der Waals surface area contributed by atoms with Crippen molar-refractivity contribution in [3.05, 3.63) is 95.6 Å². The fourth-order valence-corrected chi connectivity index (χ4v) is 4.13. The molecule has 1 aliphatic rings. The Kier molecular flexibility index (Phi) is 3.33. The highest BCUT2D eigenvalue weighted by Crippen LogP contribution is 2.45. The second-order valence-corrected chi connectivity index (χ2v) is 6.58. The standard InChI is InChI=1S/C20H14O2S/c21-19-15-10-4-6-12-17(15)23-18-13-7-5-11-16(18)20(19,22)14-8-2-1-3-9-14/h1-13,22H. The third kappa shape index (κ3) is 2.12. The Morgan fingerprint density at radius 2 is 1.35 bits per heavy atom. The van der Waals surface area contributed by atoms with Gasteiger partial charge in [-0.15, -0.1) is 0 Å². The molecule has 1 atom stereocenters. The molecule has 3 aromatic rings. The predicted octanol–water partition coefficient (Wildman–Crippen LogP) is 4.27. The number of ketones is 1. The van der Waals surface area contributed by atoms with Crippen molar-refractivity contribution in [2.45, 2.75) is 15.4 Å². The van der Waals surface area contributed by atoms with Crippen LogP contribution in [0.4, 0.5) is 0 Å². The number of carbonyl (C=O) groups is 1. The number of Topliss-reactive ketones (excluding diaryl/α,β-unsaturated/α-hetero) is 1. The van der Waals surface area contributed by atoms with Gasteiger partial charge < -0.3 is 5.11 Å². The molecule has 1 aliphatic heterocycles. The van der Waals surface area contributed by atoms with E-state index in [1.807, 2.05) is 60.7 Å². The van der Waals surface area contributed by atoms with Crippen molar-refractivity contribution < 1.29 is 9.90 Å². The second kappa shape index (κ2) is 5.37. The van der Waals surface area contributed by atoms with Crippen molar-refractivity contribution in [3.63, 3.8) is 0 Å². The van der Waals surface area contributed by atoms with E-state index in [1.165, 1.54) is 11.8 Å². The van der Waals surface area contributed by atoms with Gasteiger partial charge in [0.05, 0.1) is 0 Å². The molecule has 0 aliphatic carbocycles. The Morgan fingerprint density at radius 3 is 2.13 bits per heavy atom. The van der Waals surface area contributed by atoms with Gasteiger partial charge in [-0.25, -0.2) is 0 Å². The van der Waals surface area contributed by atoms with Crippen LogP contribution in [0, 0.1) is 0 Å². The largest absolute Gasteiger partial charge is 0.373 e. The maximum absolute atomic E-state index is 13.3. The minimum Gasteiger partial charge on any atom is -0.373 e. The predicted molar refractivity (Wildman–Crippen MR) is 90.8 cm³/mol. The Bertz CT molecular complexity index is 889. The Labute approximate surface area is 138 Å². The van der Waals surface area contributed by atoms with Crippen molar-refractivity contribution in [1.29, 1.82) is 0 Å². The van der Waals surface area contributed by atoms with Crippen LogP contribution in [-0.4, -0.2) is 10.9 Å². The minimum atomic E-state index is -1.67. The lowest BCUT2D eigenvalue weighted by atomic mass is 9.80. The van der Waals surface area contributed by atoms with E-state index in [0.717, 1.165) is 9.79 Å². The van der Waals surface area contributed by atoms with Crippen LogP contribution in [0.25, 0.3) is 0 Å². The average molecular weight is 318 g/mol. The van der Waals surface area contributed by atoms with E-state index in [9.17, 15) is 9.90 Å². The highest BCUT2D eigenvalue weighted by molar-refractivity contribution is 7.99. The van der Waals surface area contributed by atoms with Gasteiger partial charge in [0.15, 0.2) is 5.60 Å². The number of aliphatic hydroxyl groups is 1. The van der Waals surface area contributed by atoms with Gasteiger partial charge in [-0.05, 0) is 17.7 Å². The SMILES string of the molecule is O=C1c2ccccc2Sc2ccccc2C1(O)c1ccccc1. The van der Waals surface area contributed by atoms with Gasteiger partial charge in [0.2, 0.25) is 5.78 Å². The molecule has 0 radical (unpaired) electrons. The van der Waals surface area contributed by atoms with E-state index in [0.29, 0.717) is 16.7 Å². The number of carbonyl (C=O) groups excluding carboxylic acids is 1. The monoisotopic (exact) mass is 318 g/mol. The normalized spacial score (nSPS) is 19.6. The van der Waals surface area contributed by atoms with Crippen molar-refractivity contribution in [2.75, 3.05) is 0 Å². The van der Waals surface area contributed by atoms with Crippen LogP contribution < -0.4 is 0 Å². The van der Waals surface area contributed by atoms with Crippen LogP contribution in [0.1, 0.15) is 21.5 Å². The molecule has 23 heavy (non-hydrogen) atoms. The van der Waals surface area contributed by atoms with Crippen LogP contribution >= 0.6 is 11.8 Å². The van der Waals surface area contributed by atoms with E-state index in [4.69, 9.17) is 0 Å². The first-order chi connectivity index (χ1) is 11.2. The van der Waals surface area contributed by atoms with Crippen molar-refractivity contribution in [2.24, 2.45) is 0 Å². The molecule has 4 rings (SSSR count). The summed E-state index contributed by atoms with van der Waals surface area (Å²) in [5.41, 5.74) is 0.115. The quantitative estimate of drug-likeness (QED) is 0.728. The molecule has 0 aromatic heterocycles. The van der Waals surface area contributed by atoms with Gasteiger partial charge >= 0.3 is 0 Å². The molecule has 0 fully saturated rings. The molecule has 1 N–H and O–H groups in total. The molecule has 0 saturated carbocycles. The smallest absolute Gasteiger partial charge is 0.204 e. The third-order valence-corrected chi connectivity index (χ3v) is 5.30. The summed E-state index contributed by atoms with van der Waals surface area (Å²) >= 11 is 1.52. The fraction of sp³-hybridized carbons (Fsp3) is 0.0500. The number of rotatable bonds is 1. The van der Waals surface area contributed by atoms with E-state index in [2.05, 4.69) is 0 Å². The molecule has 2 nitrogen and oxygen atoms in total. The van der Waals surface area contributed by atoms with Crippen molar-refractivity contribution in [1.82, 2.24) is 0 Å². The molecule has 1 unspecified atom stereocenters. The minimum absolute atomic E-state index is 0.281. The van der Waals surface area contributed by atoms with Gasteiger partial charge in [-0.1, -0.05) is 78.5 Å². The number of benzene rings is 3. The number of fused-ring (bicyclic) bond motifs is 2. The second-order valence-electron chi connectivity index (χ2n) is 5.50. The molecule has 0 saturated heterocycles. The average Bonchev–Trinajstić information content (AvgIpc) is 2.71. The molecule has 0 spiro atoms. The Morgan fingerprint density at radius 1 is 0.739 bits per heavy atom. The molecule has 3 heteroatoms. The first-order valence-electron chi connectivity index (χ1n) is 7.40. The molecule has 0 amide bonds. The highest BCUT2D eigenvalue weighted by Gasteiger charge is 2.44. The van der Waals surface area contributed by atoms with E-state index in [1.54, 1.807) is 18.2 Å². The molecular weight excluding hydrogens is 304 g/mol. The van der Waals surface area contributed by atoms with E-state index >= 15 is 0 Å². The zero-order valence-corrected chi connectivity index (χ0v) is 13.1. The Balaban J connectivity index is 2.06. The van der Waals surface area contributed by atoms with Crippen LogP contribution in [0.15, 0.2) is 88.7 Å². The lowest BCUT2D eigenvalue weighted by Gasteiger charge is -2.27. The summed E-state index contributed by atoms with van der Waals surface area (Å²) in [6, 6.07) is 24.2. The van der Waals surface area contributed by atoms with Crippen molar-refractivity contribution >= 4 is 17.5 Å². The summed E-state index contributed by atoms with van der Waals surface area (Å²) in [7, 11) is 0. The van der Waals surface area contributed by atoms with E-state index < -0.39 is 5.60 Å². The zero-order chi connectivity index (χ0) is 15.9. The molecule has 1 heterocycles. The third-order valence-electron chi connectivity index (χ3n) is 4.15. The first kappa shape index (κ1) is 14.2. The van der Waals surface area contributed by atoms with Crippen molar-refractivity contribution in [3.8, 4) is 0 Å². The van der Waals surface area contributed by atoms with Crippen LogP contribution in [0.3, 0.4) is 0 Å². The lowest BCUT2D eigenvalue weighted by Crippen LogP contribution is -2.37. The highest BCUT2D eigenvalue weighted by atomic mass is 32.2. The molecular formula is C20H14O2S. The summed E-state index contributed by atoms with van der Waals surface area (Å²) in [6.45, 7) is 0. The maximum atomic E-state index is 13.3. The summed E-state index contributed by atoms with van der Waals surface area (Å²) in [5, 5.41) is 11.5. The number of hydrogen-bond donors (Lipinski definition) is 1. The van der Waals surface area contributed by atoms with Crippen LogP contribution in [0.2, 0.25) is 0 Å². The topological polar surface area (TPSA) is 37.3 Å². The first-order valence-corrected chi connectivity index (χ1v) is 8.22. The molecule has 0 bridgehead atoms. The summed E-state index contributed by atoms with van der Waals surface area (Å²) < 4.78 is 0. The Hall–Kier alpha value is -2.36. The van der Waals surface area contributed by atoms with Gasteiger partial charge in [-0.2, -0.15) is 0 Å². The zero-order valence-electron chi connectivity index (χ0n) is 12.3. The molecule has 112 valence electrons. The van der Waals surface area contributed by atoms with Crippen LogP contribution in [0.5, 0.6) is 0 Å². The van der Waals surface area contributed by atoms with Gasteiger partial charge in [0.1, 0.15) is 0 Å². The molecule has 3 aromatic carbocycles. The van der Waals surface area contributed by atoms with Gasteiger partial charge in [0.25, 0.3) is 0 Å². The van der Waals surface area contributed by atoms with Gasteiger partial charge in [0, 0.05) is 20.9 Å². The summed E-state index contributed by atoms with van der Waals surface area (Å²) in [6.07, 6.45) is 0. The van der Waals surface area contributed by atoms with Gasteiger partial charge in [-0.3, -0.25) is 4.79 Å². The van der Waals surface area contributed by atoms with E-state index in [-0.39, 0.29) is 5.78 Å². The number of hydrogen-bond acceptors (Lipinski definition) is 3. The lowest BCUT2D eigenvalue weighted by molar-refractivity contribution is 0.0477. The van der Waals surface area contributed by atoms with Crippen LogP contribution in [-0.2, 0) is 5.60 Å². The fourth-order valence-electron chi connectivity index (χ4n) is 3.00. The summed E-state index contributed by atoms with van der Waals surface area (Å²) in [5.74, 6) is -0.281. The maximum Gasteiger partial charge on any atom is 0.204 e.